The van der Waals surface area contributed by atoms with Crippen LogP contribution in [0, 0.1) is 0 Å². The maximum Gasteiger partial charge on any atom is 0.324 e. The van der Waals surface area contributed by atoms with Crippen molar-refractivity contribution in [1.29, 1.82) is 0 Å². The Hall–Kier alpha value is -1.84. The van der Waals surface area contributed by atoms with Gasteiger partial charge in [-0.2, -0.15) is 8.78 Å². The molecule has 1 aromatic rings. The minimum absolute atomic E-state index is 0.0540. The third kappa shape index (κ3) is 3.18. The van der Waals surface area contributed by atoms with Crippen LogP contribution in [-0.2, 0) is 0 Å². The first-order valence-corrected chi connectivity index (χ1v) is 6.02. The summed E-state index contributed by atoms with van der Waals surface area (Å²) in [4.78, 5) is 22.4. The van der Waals surface area contributed by atoms with E-state index in [1.165, 1.54) is 0 Å². The largest absolute Gasteiger partial charge is 0.397 e. The summed E-state index contributed by atoms with van der Waals surface area (Å²) >= 11 is 0.610. The SMILES string of the molecule is CC(=O)c1sc(NCC(F)(F)C(F)F)c(C(N)=O)c1N. The molecule has 0 aliphatic heterocycles. The van der Waals surface area contributed by atoms with Crippen LogP contribution in [0.4, 0.5) is 28.3 Å². The van der Waals surface area contributed by atoms with Gasteiger partial charge in [-0.1, -0.05) is 0 Å². The van der Waals surface area contributed by atoms with E-state index >= 15 is 0 Å². The van der Waals surface area contributed by atoms with Crippen LogP contribution in [0.15, 0.2) is 0 Å². The van der Waals surface area contributed by atoms with E-state index in [1.54, 1.807) is 0 Å². The highest BCUT2D eigenvalue weighted by molar-refractivity contribution is 7.19. The molecule has 5 N–H and O–H groups in total. The van der Waals surface area contributed by atoms with Gasteiger partial charge in [-0.25, -0.2) is 8.78 Å². The fourth-order valence-electron chi connectivity index (χ4n) is 1.35. The van der Waals surface area contributed by atoms with E-state index in [4.69, 9.17) is 11.5 Å². The molecule has 20 heavy (non-hydrogen) atoms. The summed E-state index contributed by atoms with van der Waals surface area (Å²) in [6.07, 6.45) is -3.86. The van der Waals surface area contributed by atoms with Crippen LogP contribution < -0.4 is 16.8 Å². The van der Waals surface area contributed by atoms with Crippen LogP contribution >= 0.6 is 11.3 Å². The quantitative estimate of drug-likeness (QED) is 0.552. The molecule has 0 aliphatic carbocycles. The monoisotopic (exact) mass is 313 g/mol. The van der Waals surface area contributed by atoms with Crippen molar-refractivity contribution in [3.05, 3.63) is 10.4 Å². The Morgan fingerprint density at radius 2 is 1.95 bits per heavy atom. The van der Waals surface area contributed by atoms with Crippen LogP contribution in [0.2, 0.25) is 0 Å². The second-order valence-corrected chi connectivity index (χ2v) is 4.91. The third-order valence-electron chi connectivity index (χ3n) is 2.32. The zero-order chi connectivity index (χ0) is 15.7. The van der Waals surface area contributed by atoms with Gasteiger partial charge in [0.25, 0.3) is 5.91 Å². The molecule has 0 fully saturated rings. The van der Waals surface area contributed by atoms with E-state index in [0.717, 1.165) is 6.92 Å². The number of thiophene rings is 1. The summed E-state index contributed by atoms with van der Waals surface area (Å²) < 4.78 is 49.7. The van der Waals surface area contributed by atoms with Crippen molar-refractivity contribution in [2.75, 3.05) is 17.6 Å². The molecule has 0 bridgehead atoms. The summed E-state index contributed by atoms with van der Waals surface area (Å²) in [6.45, 7) is -0.257. The minimum atomic E-state index is -4.29. The van der Waals surface area contributed by atoms with E-state index in [0.29, 0.717) is 11.3 Å². The van der Waals surface area contributed by atoms with Gasteiger partial charge >= 0.3 is 12.3 Å². The number of primary amides is 1. The Kier molecular flexibility index (Phi) is 4.58. The fourth-order valence-corrected chi connectivity index (χ4v) is 2.37. The van der Waals surface area contributed by atoms with Gasteiger partial charge in [0.05, 0.1) is 22.7 Å². The number of Topliss-reactive ketones (excluding diaryl/α,β-unsaturated/α-hetero) is 1. The van der Waals surface area contributed by atoms with E-state index in [9.17, 15) is 27.2 Å². The molecule has 1 aromatic heterocycles. The Bertz CT molecular complexity index is 545. The molecule has 112 valence electrons. The molecule has 0 atom stereocenters. The number of hydrogen-bond acceptors (Lipinski definition) is 5. The predicted molar refractivity (Wildman–Crippen MR) is 66.7 cm³/mol. The number of nitrogens with one attached hydrogen (secondary N) is 1. The lowest BCUT2D eigenvalue weighted by Gasteiger charge is -2.16. The number of halogens is 4. The van der Waals surface area contributed by atoms with Crippen molar-refractivity contribution in [1.82, 2.24) is 0 Å². The van der Waals surface area contributed by atoms with E-state index in [2.05, 4.69) is 0 Å². The van der Waals surface area contributed by atoms with E-state index in [-0.39, 0.29) is 21.1 Å². The molecule has 0 spiro atoms. The topological polar surface area (TPSA) is 98.2 Å². The van der Waals surface area contributed by atoms with Crippen LogP contribution in [0.3, 0.4) is 0 Å². The van der Waals surface area contributed by atoms with Crippen molar-refractivity contribution in [3.8, 4) is 0 Å². The molecule has 10 heteroatoms. The summed E-state index contributed by atoms with van der Waals surface area (Å²) in [6, 6.07) is 0. The van der Waals surface area contributed by atoms with Crippen LogP contribution in [0.5, 0.6) is 0 Å². The van der Waals surface area contributed by atoms with Gasteiger partial charge in [-0.15, -0.1) is 11.3 Å². The predicted octanol–water partition coefficient (Wildman–Crippen LogP) is 1.94. The molecule has 1 heterocycles. The second-order valence-electron chi connectivity index (χ2n) is 3.88. The molecule has 0 radical (unpaired) electrons. The number of carbonyl (C=O) groups is 2. The van der Waals surface area contributed by atoms with Gasteiger partial charge in [0.1, 0.15) is 5.00 Å². The Balaban J connectivity index is 3.10. The normalized spacial score (nSPS) is 11.7. The zero-order valence-electron chi connectivity index (χ0n) is 10.2. The number of nitrogen functional groups attached to an aromatic ring is 1. The Morgan fingerprint density at radius 1 is 1.40 bits per heavy atom. The Morgan fingerprint density at radius 3 is 2.35 bits per heavy atom. The fraction of sp³-hybridized carbons (Fsp3) is 0.400. The summed E-state index contributed by atoms with van der Waals surface area (Å²) in [5.74, 6) is -5.83. The van der Waals surface area contributed by atoms with Crippen molar-refractivity contribution < 1.29 is 27.2 Å². The lowest BCUT2D eigenvalue weighted by Crippen LogP contribution is -2.35. The molecule has 1 rings (SSSR count). The number of nitrogens with two attached hydrogens (primary N) is 2. The van der Waals surface area contributed by atoms with Crippen molar-refractivity contribution in [2.45, 2.75) is 19.3 Å². The first-order chi connectivity index (χ1) is 9.08. The number of carbonyl (C=O) groups excluding carboxylic acids is 2. The lowest BCUT2D eigenvalue weighted by atomic mass is 10.2. The van der Waals surface area contributed by atoms with Crippen LogP contribution in [0.25, 0.3) is 0 Å². The maximum atomic E-state index is 12.8. The first-order valence-electron chi connectivity index (χ1n) is 5.20. The number of alkyl halides is 4. The number of hydrogen-bond donors (Lipinski definition) is 3. The smallest absolute Gasteiger partial charge is 0.324 e. The standard InChI is InChI=1S/C10H11F4N3O2S/c1-3(18)6-5(15)4(7(16)19)8(20-6)17-2-10(13,14)9(11)12/h9,17H,2,15H2,1H3,(H2,16,19). The van der Waals surface area contributed by atoms with Crippen molar-refractivity contribution >= 4 is 33.7 Å². The van der Waals surface area contributed by atoms with Crippen molar-refractivity contribution in [2.24, 2.45) is 5.73 Å². The van der Waals surface area contributed by atoms with Crippen molar-refractivity contribution in [3.63, 3.8) is 0 Å². The molecular weight excluding hydrogens is 302 g/mol. The van der Waals surface area contributed by atoms with Crippen LogP contribution in [-0.4, -0.2) is 30.6 Å². The van der Waals surface area contributed by atoms with E-state index < -0.39 is 30.6 Å². The highest BCUT2D eigenvalue weighted by Gasteiger charge is 2.41. The van der Waals surface area contributed by atoms with Gasteiger partial charge in [-0.3, -0.25) is 9.59 Å². The number of ketones is 1. The van der Waals surface area contributed by atoms with Crippen LogP contribution in [0.1, 0.15) is 27.0 Å². The number of anilines is 2. The van der Waals surface area contributed by atoms with E-state index in [1.807, 2.05) is 5.32 Å². The molecular formula is C10H11F4N3O2S. The lowest BCUT2D eigenvalue weighted by molar-refractivity contribution is -0.117. The molecule has 0 aliphatic rings. The van der Waals surface area contributed by atoms with Gasteiger partial charge < -0.3 is 16.8 Å². The molecule has 0 saturated heterocycles. The molecule has 0 unspecified atom stereocenters. The average molecular weight is 313 g/mol. The Labute approximate surface area is 114 Å². The number of rotatable bonds is 6. The number of amides is 1. The highest BCUT2D eigenvalue weighted by atomic mass is 32.1. The maximum absolute atomic E-state index is 12.8. The molecule has 0 saturated carbocycles. The summed E-state index contributed by atoms with van der Waals surface area (Å²) in [5.41, 5.74) is 9.94. The first kappa shape index (κ1) is 16.2. The van der Waals surface area contributed by atoms with Gasteiger partial charge in [0.2, 0.25) is 0 Å². The zero-order valence-corrected chi connectivity index (χ0v) is 11.0. The molecule has 0 aromatic carbocycles. The summed E-state index contributed by atoms with van der Waals surface area (Å²) in [7, 11) is 0. The van der Waals surface area contributed by atoms with Gasteiger partial charge in [0, 0.05) is 6.92 Å². The third-order valence-corrected chi connectivity index (χ3v) is 3.58. The second kappa shape index (κ2) is 5.65. The minimum Gasteiger partial charge on any atom is -0.397 e. The van der Waals surface area contributed by atoms with Gasteiger partial charge in [0.15, 0.2) is 5.78 Å². The average Bonchev–Trinajstić information content (AvgIpc) is 2.63. The summed E-state index contributed by atoms with van der Waals surface area (Å²) in [5, 5.41) is 1.75. The van der Waals surface area contributed by atoms with Gasteiger partial charge in [-0.05, 0) is 0 Å². The molecule has 1 amide bonds. The highest BCUT2D eigenvalue weighted by Crippen LogP contribution is 2.36. The molecule has 5 nitrogen and oxygen atoms in total.